The van der Waals surface area contributed by atoms with Crippen LogP contribution in [0, 0.1) is 17.6 Å². The van der Waals surface area contributed by atoms with E-state index in [1.54, 1.807) is 17.9 Å². The number of hydrogen-bond acceptors (Lipinski definition) is 10. The van der Waals surface area contributed by atoms with Crippen LogP contribution < -0.4 is 20.2 Å². The molecular formula is C37H45F2N8O8P. The van der Waals surface area contributed by atoms with Crippen LogP contribution in [0.2, 0.25) is 0 Å². The largest absolute Gasteiger partial charge is 0.493 e. The van der Waals surface area contributed by atoms with Gasteiger partial charge < -0.3 is 39.1 Å². The normalized spacial score (nSPS) is 19.7. The van der Waals surface area contributed by atoms with Gasteiger partial charge in [0, 0.05) is 55.1 Å². The highest BCUT2D eigenvalue weighted by molar-refractivity contribution is 7.45. The molecule has 0 spiro atoms. The summed E-state index contributed by atoms with van der Waals surface area (Å²) in [6.07, 6.45) is 4.88. The fourth-order valence-electron chi connectivity index (χ4n) is 7.24. The maximum absolute atomic E-state index is 15.0. The number of ether oxygens (including phenoxy) is 2. The molecule has 56 heavy (non-hydrogen) atoms. The minimum Gasteiger partial charge on any atom is -0.493 e. The summed E-state index contributed by atoms with van der Waals surface area (Å²) in [5.74, 6) is -0.563. The van der Waals surface area contributed by atoms with Crippen LogP contribution in [0.4, 0.5) is 20.2 Å². The lowest BCUT2D eigenvalue weighted by molar-refractivity contribution is -0.0206. The second-order valence-electron chi connectivity index (χ2n) is 13.8. The number of hydrogen-bond donors (Lipinski definition) is 4. The molecule has 4 heterocycles. The molecule has 0 aliphatic carbocycles. The van der Waals surface area contributed by atoms with Crippen molar-refractivity contribution in [2.45, 2.75) is 51.0 Å². The molecule has 7 rings (SSSR count). The molecule has 2 aliphatic rings. The Morgan fingerprint density at radius 1 is 0.929 bits per heavy atom. The molecule has 4 atom stereocenters. The topological polar surface area (TPSA) is 193 Å². The van der Waals surface area contributed by atoms with Crippen LogP contribution in [0.15, 0.2) is 90.5 Å². The van der Waals surface area contributed by atoms with E-state index in [0.717, 1.165) is 55.1 Å². The van der Waals surface area contributed by atoms with E-state index < -0.39 is 31.2 Å². The molecule has 2 aromatic heterocycles. The van der Waals surface area contributed by atoms with Crippen LogP contribution in [0.25, 0.3) is 5.69 Å². The molecule has 2 saturated heterocycles. The van der Waals surface area contributed by atoms with E-state index >= 15 is 0 Å². The summed E-state index contributed by atoms with van der Waals surface area (Å²) in [6.45, 7) is 7.97. The Hall–Kier alpha value is -4.97. The van der Waals surface area contributed by atoms with E-state index in [0.29, 0.717) is 31.6 Å². The molecule has 0 amide bonds. The molecule has 16 nitrogen and oxygen atoms in total. The number of benzene rings is 3. The van der Waals surface area contributed by atoms with E-state index in [4.69, 9.17) is 28.7 Å². The SMILES string of the molecule is CCC(C(C)O)n1ncn(-c2ccc(N3CCN(c4ccc(OC[C@@H]5CO[C@@](Cn6cncn6)(c6ccc(F)cc6F)C5)cc4)CC3)cc2)c1=O.O=P(O)(O)O. The van der Waals surface area contributed by atoms with Gasteiger partial charge in [-0.3, -0.25) is 0 Å². The van der Waals surface area contributed by atoms with Gasteiger partial charge >= 0.3 is 13.5 Å². The predicted molar refractivity (Wildman–Crippen MR) is 202 cm³/mol. The van der Waals surface area contributed by atoms with Crippen LogP contribution in [0.1, 0.15) is 38.3 Å². The van der Waals surface area contributed by atoms with Crippen molar-refractivity contribution in [2.75, 3.05) is 49.2 Å². The Kier molecular flexibility index (Phi) is 12.7. The quantitative estimate of drug-likeness (QED) is 0.134. The molecule has 0 radical (unpaired) electrons. The molecular weight excluding hydrogens is 753 g/mol. The van der Waals surface area contributed by atoms with Crippen molar-refractivity contribution in [1.29, 1.82) is 0 Å². The first-order valence-electron chi connectivity index (χ1n) is 18.1. The Labute approximate surface area is 321 Å². The summed E-state index contributed by atoms with van der Waals surface area (Å²) in [6, 6.07) is 19.2. The molecule has 2 fully saturated rings. The van der Waals surface area contributed by atoms with Crippen molar-refractivity contribution in [2.24, 2.45) is 5.92 Å². The minimum absolute atomic E-state index is 0.0121. The van der Waals surface area contributed by atoms with Gasteiger partial charge in [0.1, 0.15) is 42.0 Å². The molecule has 300 valence electrons. The van der Waals surface area contributed by atoms with E-state index in [1.807, 2.05) is 43.3 Å². The number of halogens is 2. The zero-order valence-electron chi connectivity index (χ0n) is 30.9. The lowest BCUT2D eigenvalue weighted by Gasteiger charge is -2.37. The van der Waals surface area contributed by atoms with Crippen molar-refractivity contribution in [3.05, 3.63) is 113 Å². The second kappa shape index (κ2) is 17.4. The first-order chi connectivity index (χ1) is 26.7. The number of phosphoric acid groups is 1. The molecule has 19 heteroatoms. The van der Waals surface area contributed by atoms with Crippen molar-refractivity contribution in [1.82, 2.24) is 29.1 Å². The van der Waals surface area contributed by atoms with Gasteiger partial charge in [0.05, 0.1) is 37.6 Å². The Bertz CT molecular complexity index is 2130. The first-order valence-corrected chi connectivity index (χ1v) is 19.7. The maximum Gasteiger partial charge on any atom is 0.466 e. The first kappa shape index (κ1) is 40.7. The van der Waals surface area contributed by atoms with Gasteiger partial charge in [-0.2, -0.15) is 10.2 Å². The van der Waals surface area contributed by atoms with Gasteiger partial charge in [-0.15, -0.1) is 0 Å². The minimum atomic E-state index is -4.64. The van der Waals surface area contributed by atoms with Gasteiger partial charge in [-0.25, -0.2) is 37.1 Å². The third-order valence-corrected chi connectivity index (χ3v) is 9.96. The third kappa shape index (κ3) is 9.87. The van der Waals surface area contributed by atoms with Crippen LogP contribution in [-0.4, -0.2) is 94.4 Å². The Morgan fingerprint density at radius 2 is 1.54 bits per heavy atom. The third-order valence-electron chi connectivity index (χ3n) is 9.96. The molecule has 4 N–H and O–H groups in total. The van der Waals surface area contributed by atoms with Gasteiger partial charge in [0.15, 0.2) is 0 Å². The maximum atomic E-state index is 15.0. The summed E-state index contributed by atoms with van der Waals surface area (Å²) in [7, 11) is -4.64. The molecule has 2 aliphatic heterocycles. The van der Waals surface area contributed by atoms with Crippen LogP contribution in [0.3, 0.4) is 0 Å². The molecule has 0 bridgehead atoms. The predicted octanol–water partition coefficient (Wildman–Crippen LogP) is 3.64. The smallest absolute Gasteiger partial charge is 0.466 e. The molecule has 5 aromatic rings. The van der Waals surface area contributed by atoms with Gasteiger partial charge in [0.25, 0.3) is 0 Å². The number of rotatable bonds is 12. The van der Waals surface area contributed by atoms with E-state index in [-0.39, 0.29) is 24.2 Å². The average molecular weight is 799 g/mol. The molecule has 3 aromatic carbocycles. The Morgan fingerprint density at radius 3 is 2.09 bits per heavy atom. The zero-order chi connectivity index (χ0) is 40.0. The highest BCUT2D eigenvalue weighted by Gasteiger charge is 2.44. The van der Waals surface area contributed by atoms with Crippen molar-refractivity contribution >= 4 is 19.2 Å². The summed E-state index contributed by atoms with van der Waals surface area (Å²) < 4.78 is 54.4. The molecule has 2 unspecified atom stereocenters. The fourth-order valence-corrected chi connectivity index (χ4v) is 7.24. The number of piperazine rings is 1. The second-order valence-corrected chi connectivity index (χ2v) is 14.9. The van der Waals surface area contributed by atoms with E-state index in [9.17, 15) is 18.7 Å². The van der Waals surface area contributed by atoms with Crippen LogP contribution >= 0.6 is 7.82 Å². The lowest BCUT2D eigenvalue weighted by atomic mass is 9.87. The highest BCUT2D eigenvalue weighted by Crippen LogP contribution is 2.42. The Balaban J connectivity index is 0.00000100. The number of aliphatic hydroxyl groups is 1. The fraction of sp³-hybridized carbons (Fsp3) is 0.405. The van der Waals surface area contributed by atoms with Gasteiger partial charge in [-0.05, 0) is 74.4 Å². The molecule has 0 saturated carbocycles. The zero-order valence-corrected chi connectivity index (χ0v) is 31.8. The van der Waals surface area contributed by atoms with E-state index in [1.165, 1.54) is 34.0 Å². The average Bonchev–Trinajstić information content (AvgIpc) is 3.92. The standard InChI is InChI=1S/C37H42F2N8O4.H3O4P/c1-3-35(26(2)48)47-36(49)46(25-42-47)31-7-5-29(6-8-31)43-14-16-44(17-15-43)30-9-11-32(12-10-30)50-20-27-19-37(51-21-27,22-45-24-40-23-41-45)33-13-4-28(38)18-34(33)39;1-5(2,3)4/h4-13,18,23-27,35,48H,3,14-17,19-22H2,1-2H3;(H3,1,2,3,4)/t26?,27-,35?,37+;/m1./s1. The van der Waals surface area contributed by atoms with Crippen molar-refractivity contribution < 1.29 is 42.6 Å². The lowest BCUT2D eigenvalue weighted by Crippen LogP contribution is -2.46. The number of aromatic nitrogens is 6. The van der Waals surface area contributed by atoms with Crippen LogP contribution in [-0.2, 0) is 21.4 Å². The van der Waals surface area contributed by atoms with E-state index in [2.05, 4.69) is 37.1 Å². The van der Waals surface area contributed by atoms with Crippen LogP contribution in [0.5, 0.6) is 5.75 Å². The van der Waals surface area contributed by atoms with Crippen molar-refractivity contribution in [3.63, 3.8) is 0 Å². The van der Waals surface area contributed by atoms with Crippen molar-refractivity contribution in [3.8, 4) is 11.4 Å². The summed E-state index contributed by atoms with van der Waals surface area (Å²) in [5, 5.41) is 18.5. The number of nitrogens with zero attached hydrogens (tertiary/aromatic N) is 8. The highest BCUT2D eigenvalue weighted by atomic mass is 31.2. The number of anilines is 2. The monoisotopic (exact) mass is 798 g/mol. The summed E-state index contributed by atoms with van der Waals surface area (Å²) in [4.78, 5) is 43.2. The summed E-state index contributed by atoms with van der Waals surface area (Å²) >= 11 is 0. The van der Waals surface area contributed by atoms with Gasteiger partial charge in [-0.1, -0.05) is 13.0 Å². The summed E-state index contributed by atoms with van der Waals surface area (Å²) in [5.41, 5.74) is 1.93. The van der Waals surface area contributed by atoms with Gasteiger partial charge in [0.2, 0.25) is 0 Å². The number of aliphatic hydroxyl groups excluding tert-OH is 1.